The van der Waals surface area contributed by atoms with Crippen molar-refractivity contribution < 1.29 is 97.9 Å². The van der Waals surface area contributed by atoms with E-state index in [1.165, 1.54) is 0 Å². The molecule has 0 aromatic heterocycles. The second-order valence-corrected chi connectivity index (χ2v) is 25.7. The van der Waals surface area contributed by atoms with Gasteiger partial charge in [-0.05, 0) is 59.0 Å². The third-order valence-corrected chi connectivity index (χ3v) is 0. The maximum absolute atomic E-state index is 8.94. The second-order valence-electron chi connectivity index (χ2n) is 3.12. The van der Waals surface area contributed by atoms with Crippen molar-refractivity contribution in [1.82, 2.24) is 0 Å². The standard InChI is InChI=1S/AsH3O4.Cu.2HI.5H3O3PS/c2-1(3,4)5;;;;5*1-4(2,3)5/h(H3,2,3,4,5);;2*1H;5*(H3,1,2,3,5)/q;+2;;;;;;;/p-2. The molecule has 0 saturated carbocycles. The van der Waals surface area contributed by atoms with Crippen LogP contribution in [-0.4, -0.2) is 100 Å². The molecule has 0 amide bonds. The van der Waals surface area contributed by atoms with Gasteiger partial charge in [0.2, 0.25) is 0 Å². The van der Waals surface area contributed by atoms with E-state index in [-0.39, 0.29) is 0 Å². The van der Waals surface area contributed by atoms with Gasteiger partial charge in [0.25, 0.3) is 0 Å². The molecule has 0 bridgehead atoms. The minimum absolute atomic E-state index is 1.75. The van der Waals surface area contributed by atoms with Crippen molar-refractivity contribution in [2.45, 2.75) is 0 Å². The van der Waals surface area contributed by atoms with Crippen molar-refractivity contribution in [3.8, 4) is 0 Å². The monoisotopic (exact) mass is 1030 g/mol. The molecule has 0 spiro atoms. The molecular formula is H18AsCuI2O19P5S5. The Morgan fingerprint density at radius 1 is 0.455 bits per heavy atom. The van der Waals surface area contributed by atoms with Crippen LogP contribution in [0.5, 0.6) is 0 Å². The first-order valence-electron chi connectivity index (χ1n) is 4.92. The summed E-state index contributed by atoms with van der Waals surface area (Å²) in [6, 6.07) is 0. The summed E-state index contributed by atoms with van der Waals surface area (Å²) in [6.07, 6.45) is 0. The van der Waals surface area contributed by atoms with Crippen LogP contribution in [0.15, 0.2) is 0 Å². The topological polar surface area (TPSA) is 381 Å². The predicted molar refractivity (Wildman–Crippen MR) is 146 cm³/mol. The van der Waals surface area contributed by atoms with Crippen molar-refractivity contribution in [1.29, 1.82) is 0 Å². The van der Waals surface area contributed by atoms with E-state index in [2.05, 4.69) is 99.7 Å². The quantitative estimate of drug-likeness (QED) is 0.0618. The third-order valence-electron chi connectivity index (χ3n) is 0. The van der Waals surface area contributed by atoms with Crippen LogP contribution >= 0.6 is 74.3 Å². The molecule has 217 valence electrons. The molecule has 0 rings (SSSR count). The zero-order chi connectivity index (χ0) is 29.7. The van der Waals surface area contributed by atoms with Gasteiger partial charge < -0.3 is 73.4 Å². The average Bonchev–Trinajstić information content (AvgIpc) is 2.11. The van der Waals surface area contributed by atoms with Gasteiger partial charge in [-0.1, -0.05) is 0 Å². The molecule has 33 heavy (non-hydrogen) atoms. The third kappa shape index (κ3) is 1890. The van der Waals surface area contributed by atoms with E-state index < -0.39 is 48.1 Å². The summed E-state index contributed by atoms with van der Waals surface area (Å²) in [5.74, 6) is 0. The molecule has 0 fully saturated rings. The Morgan fingerprint density at radius 2 is 0.455 bits per heavy atom. The Kier molecular flexibility index (Phi) is 44.3. The molecule has 19 nitrogen and oxygen atoms in total. The Bertz CT molecular complexity index is 507. The zero-order valence-electron chi connectivity index (χ0n) is 14.2. The molecule has 0 radical (unpaired) electrons. The van der Waals surface area contributed by atoms with Crippen molar-refractivity contribution >= 4 is 148 Å². The first-order chi connectivity index (χ1) is 13.4. The molecule has 0 aliphatic heterocycles. The van der Waals surface area contributed by atoms with Crippen molar-refractivity contribution in [3.63, 3.8) is 0 Å². The fourth-order valence-corrected chi connectivity index (χ4v) is 0. The summed E-state index contributed by atoms with van der Waals surface area (Å²) in [6.45, 7) is -19.0. The molecule has 18 N–H and O–H groups in total. The van der Waals surface area contributed by atoms with Gasteiger partial charge in [-0.3, -0.25) is 0 Å². The van der Waals surface area contributed by atoms with E-state index in [1.54, 1.807) is 8.46 Å². The van der Waals surface area contributed by atoms with E-state index in [4.69, 9.17) is 89.4 Å². The summed E-state index contributed by atoms with van der Waals surface area (Å²) >= 11 is 17.3. The Hall–Kier alpha value is 4.87. The molecule has 0 heterocycles. The van der Waals surface area contributed by atoms with Crippen LogP contribution in [0.25, 0.3) is 0 Å². The van der Waals surface area contributed by atoms with Crippen molar-refractivity contribution in [2.24, 2.45) is 0 Å². The van der Waals surface area contributed by atoms with E-state index in [0.29, 0.717) is 0 Å². The predicted octanol–water partition coefficient (Wildman–Crippen LogP) is -4.46. The van der Waals surface area contributed by atoms with Gasteiger partial charge in [-0.15, -0.1) is 0 Å². The maximum atomic E-state index is 8.94. The van der Waals surface area contributed by atoms with E-state index in [0.717, 1.165) is 0 Å². The van der Waals surface area contributed by atoms with Crippen LogP contribution in [0.2, 0.25) is 0 Å². The van der Waals surface area contributed by atoms with Crippen LogP contribution in [-0.2, 0) is 71.2 Å². The van der Waals surface area contributed by atoms with Crippen LogP contribution in [0.1, 0.15) is 0 Å². The molecule has 0 aromatic carbocycles. The van der Waals surface area contributed by atoms with Crippen molar-refractivity contribution in [2.75, 3.05) is 0 Å². The Morgan fingerprint density at radius 3 is 0.455 bits per heavy atom. The first kappa shape index (κ1) is 54.0. The first-order valence-corrected chi connectivity index (χ1v) is 27.6. The zero-order valence-corrected chi connectivity index (χ0v) is 29.9. The fraction of sp³-hybridized carbons (Fsp3) is 0. The molecule has 0 aliphatic carbocycles. The summed E-state index contributed by atoms with van der Waals surface area (Å²) in [4.78, 5) is 113. The molecule has 0 saturated heterocycles. The van der Waals surface area contributed by atoms with Gasteiger partial charge in [0.05, 0.1) is 0 Å². The number of halogens is 2. The minimum atomic E-state index is -5.12. The molecule has 33 heteroatoms. The number of hydrogen-bond donors (Lipinski definition) is 18. The van der Waals surface area contributed by atoms with E-state index in [1.807, 2.05) is 0 Å². The number of hydrogen-bond acceptors (Lipinski definition) is 6. The molecule has 0 aliphatic rings. The van der Waals surface area contributed by atoms with Crippen LogP contribution in [0, 0.1) is 0 Å². The van der Waals surface area contributed by atoms with Gasteiger partial charge >= 0.3 is 113 Å². The van der Waals surface area contributed by atoms with E-state index >= 15 is 0 Å². The van der Waals surface area contributed by atoms with Gasteiger partial charge in [-0.25, -0.2) is 0 Å². The second kappa shape index (κ2) is 27.1. The molecule has 0 aromatic rings. The van der Waals surface area contributed by atoms with E-state index in [9.17, 15) is 0 Å². The summed E-state index contributed by atoms with van der Waals surface area (Å²) in [7, 11) is 1.75. The fourth-order valence-electron chi connectivity index (χ4n) is 0. The summed E-state index contributed by atoms with van der Waals surface area (Å²) in [5, 5.41) is 0. The van der Waals surface area contributed by atoms with Gasteiger partial charge in [0.1, 0.15) is 0 Å². The van der Waals surface area contributed by atoms with Gasteiger partial charge in [-0.2, -0.15) is 0 Å². The average molecular weight is 1030 g/mol. The van der Waals surface area contributed by atoms with Gasteiger partial charge in [0.15, 0.2) is 0 Å². The van der Waals surface area contributed by atoms with Crippen LogP contribution in [0.4, 0.5) is 0 Å². The summed E-state index contributed by atoms with van der Waals surface area (Å²) < 4.78 is 30.7. The molecular weight excluding hydrogens is 1010 g/mol. The van der Waals surface area contributed by atoms with Crippen LogP contribution < -0.4 is 0 Å². The normalized spacial score (nSPS) is 11.4. The Labute approximate surface area is 242 Å². The summed E-state index contributed by atoms with van der Waals surface area (Å²) in [5.41, 5.74) is 0. The SMILES string of the molecule is O=[As](O)(O)O.OP(O)(O)=S.OP(O)(O)=S.OP(O)(O)=S.OP(O)(O)=S.OP(O)(O)=S.[I][Cu][I]. The Balaban J connectivity index is -0.0000000480. The van der Waals surface area contributed by atoms with Crippen LogP contribution in [0.3, 0.4) is 0 Å². The molecule has 0 atom stereocenters. The molecule has 0 unspecified atom stereocenters. The number of rotatable bonds is 0. The van der Waals surface area contributed by atoms with Gasteiger partial charge in [0, 0.05) is 0 Å². The van der Waals surface area contributed by atoms with Crippen molar-refractivity contribution in [3.05, 3.63) is 0 Å².